The average Bonchev–Trinajstić information content (AvgIpc) is 2.61. The molecular weight excluding hydrogens is 366 g/mol. The summed E-state index contributed by atoms with van der Waals surface area (Å²) >= 11 is 0. The number of hydrogen-bond acceptors (Lipinski definition) is 2. The van der Waals surface area contributed by atoms with Gasteiger partial charge in [0.2, 0.25) is 0 Å². The monoisotopic (exact) mass is 401 g/mol. The van der Waals surface area contributed by atoms with Crippen molar-refractivity contribution >= 4 is 17.2 Å². The van der Waals surface area contributed by atoms with E-state index in [0.717, 1.165) is 28.1 Å². The van der Waals surface area contributed by atoms with Crippen molar-refractivity contribution in [2.45, 2.75) is 73.1 Å². The zero-order valence-corrected chi connectivity index (χ0v) is 20.0. The van der Waals surface area contributed by atoms with E-state index in [0.29, 0.717) is 0 Å². The van der Waals surface area contributed by atoms with Crippen molar-refractivity contribution in [3.8, 4) is 0 Å². The molecule has 0 fully saturated rings. The SMILES string of the molecule is CC(C)(C)C1=CC(=Nc2ccc(C(C)(C)C)cc2)c2cc(C(C)(C)C)ccc2C1=O. The van der Waals surface area contributed by atoms with Gasteiger partial charge in [-0.1, -0.05) is 86.6 Å². The second-order valence-electron chi connectivity index (χ2n) is 11.4. The van der Waals surface area contributed by atoms with E-state index in [2.05, 4.69) is 98.7 Å². The molecule has 0 unspecified atom stereocenters. The maximum absolute atomic E-state index is 13.3. The molecule has 2 aromatic rings. The van der Waals surface area contributed by atoms with E-state index in [1.165, 1.54) is 11.1 Å². The maximum atomic E-state index is 13.3. The van der Waals surface area contributed by atoms with E-state index >= 15 is 0 Å². The molecule has 0 N–H and O–H groups in total. The normalized spacial score (nSPS) is 16.5. The fraction of sp³-hybridized carbons (Fsp3) is 0.429. The third-order valence-electron chi connectivity index (χ3n) is 5.72. The lowest BCUT2D eigenvalue weighted by Gasteiger charge is -2.28. The van der Waals surface area contributed by atoms with Crippen molar-refractivity contribution in [2.24, 2.45) is 10.4 Å². The number of hydrogen-bond donors (Lipinski definition) is 0. The molecule has 0 aromatic heterocycles. The lowest BCUT2D eigenvalue weighted by molar-refractivity contribution is 0.101. The minimum absolute atomic E-state index is 0.00552. The predicted molar refractivity (Wildman–Crippen MR) is 128 cm³/mol. The number of aliphatic imine (C=N–C) groups is 1. The summed E-state index contributed by atoms with van der Waals surface area (Å²) in [6.07, 6.45) is 1.99. The van der Waals surface area contributed by atoms with Crippen LogP contribution in [-0.2, 0) is 10.8 Å². The van der Waals surface area contributed by atoms with Crippen molar-refractivity contribution in [2.75, 3.05) is 0 Å². The van der Waals surface area contributed by atoms with Crippen LogP contribution in [-0.4, -0.2) is 11.5 Å². The molecule has 1 aliphatic rings. The van der Waals surface area contributed by atoms with Gasteiger partial charge in [-0.2, -0.15) is 0 Å². The van der Waals surface area contributed by atoms with E-state index in [9.17, 15) is 4.79 Å². The Labute approximate surface area is 182 Å². The van der Waals surface area contributed by atoms with Crippen LogP contribution in [0.5, 0.6) is 0 Å². The third kappa shape index (κ3) is 4.48. The molecule has 0 amide bonds. The molecule has 0 saturated heterocycles. The van der Waals surface area contributed by atoms with Crippen molar-refractivity contribution in [3.05, 3.63) is 76.4 Å². The Bertz CT molecular complexity index is 1030. The first-order valence-electron chi connectivity index (χ1n) is 10.8. The highest BCUT2D eigenvalue weighted by atomic mass is 16.1. The largest absolute Gasteiger partial charge is 0.289 e. The number of Topliss-reactive ketones (excluding diaryl/α,β-unsaturated/α-hetero) is 1. The van der Waals surface area contributed by atoms with Crippen LogP contribution in [0, 0.1) is 5.41 Å². The Balaban J connectivity index is 2.19. The number of ketones is 1. The van der Waals surface area contributed by atoms with Crippen LogP contribution < -0.4 is 0 Å². The zero-order chi connectivity index (χ0) is 22.5. The summed E-state index contributed by atoms with van der Waals surface area (Å²) in [5, 5.41) is 0. The van der Waals surface area contributed by atoms with E-state index in [1.807, 2.05) is 12.1 Å². The molecule has 30 heavy (non-hydrogen) atoms. The van der Waals surface area contributed by atoms with Gasteiger partial charge in [0.05, 0.1) is 11.4 Å². The fourth-order valence-corrected chi connectivity index (χ4v) is 3.67. The molecular formula is C28H35NO. The quantitative estimate of drug-likeness (QED) is 0.484. The highest BCUT2D eigenvalue weighted by molar-refractivity contribution is 6.27. The van der Waals surface area contributed by atoms with Gasteiger partial charge in [0, 0.05) is 16.7 Å². The first-order valence-corrected chi connectivity index (χ1v) is 10.8. The maximum Gasteiger partial charge on any atom is 0.190 e. The number of carbonyl (C=O) groups is 1. The smallest absolute Gasteiger partial charge is 0.190 e. The number of allylic oxidation sites excluding steroid dienone is 2. The van der Waals surface area contributed by atoms with Crippen LogP contribution in [0.25, 0.3) is 0 Å². The molecule has 3 rings (SSSR count). The average molecular weight is 402 g/mol. The van der Waals surface area contributed by atoms with Gasteiger partial charge in [-0.15, -0.1) is 0 Å². The molecule has 0 radical (unpaired) electrons. The fourth-order valence-electron chi connectivity index (χ4n) is 3.67. The molecule has 0 heterocycles. The summed E-state index contributed by atoms with van der Waals surface area (Å²) < 4.78 is 0. The lowest BCUT2D eigenvalue weighted by atomic mass is 9.75. The van der Waals surface area contributed by atoms with Gasteiger partial charge in [0.1, 0.15) is 0 Å². The Morgan fingerprint density at radius 2 is 1.17 bits per heavy atom. The Hall–Kier alpha value is -2.48. The van der Waals surface area contributed by atoms with Crippen LogP contribution in [0.3, 0.4) is 0 Å². The lowest BCUT2D eigenvalue weighted by Crippen LogP contribution is -2.26. The van der Waals surface area contributed by atoms with Gasteiger partial charge >= 0.3 is 0 Å². The van der Waals surface area contributed by atoms with Crippen LogP contribution in [0.2, 0.25) is 0 Å². The molecule has 0 atom stereocenters. The van der Waals surface area contributed by atoms with Gasteiger partial charge in [-0.3, -0.25) is 4.79 Å². The zero-order valence-electron chi connectivity index (χ0n) is 20.0. The van der Waals surface area contributed by atoms with Gasteiger partial charge in [0.15, 0.2) is 5.78 Å². The van der Waals surface area contributed by atoms with E-state index in [1.54, 1.807) is 0 Å². The summed E-state index contributed by atoms with van der Waals surface area (Å²) in [5.74, 6) is 0.111. The van der Waals surface area contributed by atoms with Crippen LogP contribution in [0.4, 0.5) is 5.69 Å². The number of fused-ring (bicyclic) bond motifs is 1. The summed E-state index contributed by atoms with van der Waals surface area (Å²) in [5.41, 5.74) is 6.62. The highest BCUT2D eigenvalue weighted by Gasteiger charge is 2.32. The summed E-state index contributed by atoms with van der Waals surface area (Å²) in [7, 11) is 0. The van der Waals surface area contributed by atoms with Crippen LogP contribution in [0.15, 0.2) is 59.1 Å². The molecule has 0 saturated carbocycles. The summed E-state index contributed by atoms with van der Waals surface area (Å²) in [6.45, 7) is 19.5. The van der Waals surface area contributed by atoms with E-state index in [4.69, 9.17) is 4.99 Å². The topological polar surface area (TPSA) is 29.4 Å². The molecule has 0 bridgehead atoms. The molecule has 2 heteroatoms. The molecule has 2 nitrogen and oxygen atoms in total. The van der Waals surface area contributed by atoms with Gasteiger partial charge in [0.25, 0.3) is 0 Å². The predicted octanol–water partition coefficient (Wildman–Crippen LogP) is 7.57. The van der Waals surface area contributed by atoms with Crippen molar-refractivity contribution in [3.63, 3.8) is 0 Å². The summed E-state index contributed by atoms with van der Waals surface area (Å²) in [6, 6.07) is 14.6. The minimum atomic E-state index is -0.242. The molecule has 1 aliphatic carbocycles. The van der Waals surface area contributed by atoms with E-state index < -0.39 is 0 Å². The second kappa shape index (κ2) is 7.34. The van der Waals surface area contributed by atoms with Gasteiger partial charge in [-0.05, 0) is 51.6 Å². The minimum Gasteiger partial charge on any atom is -0.289 e. The Morgan fingerprint density at radius 1 is 0.633 bits per heavy atom. The Morgan fingerprint density at radius 3 is 1.67 bits per heavy atom. The van der Waals surface area contributed by atoms with Crippen molar-refractivity contribution in [1.29, 1.82) is 0 Å². The number of nitrogens with zero attached hydrogens (tertiary/aromatic N) is 1. The van der Waals surface area contributed by atoms with Gasteiger partial charge in [-0.25, -0.2) is 4.99 Å². The number of benzene rings is 2. The van der Waals surface area contributed by atoms with Crippen molar-refractivity contribution in [1.82, 2.24) is 0 Å². The first-order chi connectivity index (χ1) is 13.7. The molecule has 0 aliphatic heterocycles. The first kappa shape index (κ1) is 22.2. The van der Waals surface area contributed by atoms with Gasteiger partial charge < -0.3 is 0 Å². The molecule has 158 valence electrons. The number of carbonyl (C=O) groups excluding carboxylic acids is 1. The number of rotatable bonds is 1. The molecule has 2 aromatic carbocycles. The Kier molecular flexibility index (Phi) is 5.43. The van der Waals surface area contributed by atoms with Crippen LogP contribution >= 0.6 is 0 Å². The summed E-state index contributed by atoms with van der Waals surface area (Å²) in [4.78, 5) is 18.2. The highest BCUT2D eigenvalue weighted by Crippen LogP contribution is 2.36. The van der Waals surface area contributed by atoms with E-state index in [-0.39, 0.29) is 22.0 Å². The van der Waals surface area contributed by atoms with Crippen LogP contribution in [0.1, 0.15) is 89.4 Å². The van der Waals surface area contributed by atoms with Crippen molar-refractivity contribution < 1.29 is 4.79 Å². The third-order valence-corrected chi connectivity index (χ3v) is 5.72. The molecule has 0 spiro atoms. The second-order valence-corrected chi connectivity index (χ2v) is 11.4. The standard InChI is InChI=1S/C28H35NO/c1-26(2,3)18-10-13-20(14-11-18)29-24-17-23(28(7,8)9)25(30)21-15-12-19(16-22(21)24)27(4,5)6/h10-17H,1-9H3.